The van der Waals surface area contributed by atoms with Gasteiger partial charge in [-0.2, -0.15) is 0 Å². The Hall–Kier alpha value is -3.86. The number of rotatable bonds is 11. The minimum Gasteiger partial charge on any atom is -0.496 e. The van der Waals surface area contributed by atoms with E-state index in [0.29, 0.717) is 61.5 Å². The summed E-state index contributed by atoms with van der Waals surface area (Å²) in [7, 11) is 3.11. The normalized spacial score (nSPS) is 14.5. The topological polar surface area (TPSA) is 88.4 Å². The van der Waals surface area contributed by atoms with E-state index in [1.807, 2.05) is 49.4 Å². The van der Waals surface area contributed by atoms with Crippen molar-refractivity contribution < 1.29 is 23.7 Å². The molecule has 0 bridgehead atoms. The van der Waals surface area contributed by atoms with E-state index in [4.69, 9.17) is 35.5 Å². The van der Waals surface area contributed by atoms with Gasteiger partial charge < -0.3 is 18.9 Å². The Balaban J connectivity index is 1.61. The van der Waals surface area contributed by atoms with Gasteiger partial charge >= 0.3 is 5.97 Å². The predicted molar refractivity (Wildman–Crippen MR) is 179 cm³/mol. The molecule has 1 atom stereocenters. The summed E-state index contributed by atoms with van der Waals surface area (Å²) < 4.78 is 25.8. The molecule has 3 aromatic carbocycles. The summed E-state index contributed by atoms with van der Waals surface area (Å²) >= 11 is 11.1. The Bertz CT molecular complexity index is 1930. The van der Waals surface area contributed by atoms with Crippen molar-refractivity contribution in [1.82, 2.24) is 4.57 Å². The summed E-state index contributed by atoms with van der Waals surface area (Å²) in [5.41, 5.74) is 2.89. The molecule has 0 saturated carbocycles. The summed E-state index contributed by atoms with van der Waals surface area (Å²) in [5, 5.41) is 0.444. The molecule has 0 saturated heterocycles. The zero-order valence-electron chi connectivity index (χ0n) is 25.3. The first-order valence-electron chi connectivity index (χ1n) is 14.4. The van der Waals surface area contributed by atoms with Crippen LogP contribution in [0.15, 0.2) is 86.2 Å². The Morgan fingerprint density at radius 3 is 2.44 bits per heavy atom. The fraction of sp³-hybridized carbons (Fsp3) is 0.265. The number of hydrogen-bond acceptors (Lipinski definition) is 8. The van der Waals surface area contributed by atoms with Crippen LogP contribution in [-0.2, 0) is 16.1 Å². The third-order valence-electron chi connectivity index (χ3n) is 7.17. The lowest BCUT2D eigenvalue weighted by Crippen LogP contribution is -2.40. The van der Waals surface area contributed by atoms with E-state index in [0.717, 1.165) is 22.0 Å². The number of carbonyl (C=O) groups is 1. The number of allylic oxidation sites excluding steroid dienone is 1. The van der Waals surface area contributed by atoms with Gasteiger partial charge in [0, 0.05) is 15.1 Å². The summed E-state index contributed by atoms with van der Waals surface area (Å²) in [4.78, 5) is 32.9. The molecular weight excluding hydrogens is 680 g/mol. The fourth-order valence-electron chi connectivity index (χ4n) is 5.12. The first-order valence-corrected chi connectivity index (χ1v) is 16.4. The van der Waals surface area contributed by atoms with Crippen LogP contribution in [-0.4, -0.2) is 31.4 Å². The van der Waals surface area contributed by atoms with Crippen LogP contribution in [0.2, 0.25) is 5.02 Å². The lowest BCUT2D eigenvalue weighted by molar-refractivity contribution is -0.139. The van der Waals surface area contributed by atoms with E-state index < -0.39 is 12.0 Å². The lowest BCUT2D eigenvalue weighted by Gasteiger charge is -2.27. The van der Waals surface area contributed by atoms with Crippen LogP contribution >= 0.6 is 38.9 Å². The molecule has 1 aliphatic rings. The molecule has 5 rings (SSSR count). The quantitative estimate of drug-likeness (QED) is 0.163. The summed E-state index contributed by atoms with van der Waals surface area (Å²) in [6, 6.07) is 17.7. The SMILES string of the molecule is CCCC1=C(C(=O)OCC)[C@H](c2cc(Cl)ccc2OC)n2c(s/c(=C/c3ccc(OCc4ccc(Br)cc4)c(OC)c3)c2=O)=N1. The van der Waals surface area contributed by atoms with Gasteiger partial charge in [-0.25, -0.2) is 9.79 Å². The van der Waals surface area contributed by atoms with Crippen molar-refractivity contribution in [2.45, 2.75) is 39.3 Å². The average molecular weight is 712 g/mol. The number of hydrogen-bond donors (Lipinski definition) is 0. The van der Waals surface area contributed by atoms with Crippen molar-refractivity contribution in [2.75, 3.05) is 20.8 Å². The number of fused-ring (bicyclic) bond motifs is 1. The van der Waals surface area contributed by atoms with Crippen molar-refractivity contribution in [3.63, 3.8) is 0 Å². The molecule has 45 heavy (non-hydrogen) atoms. The van der Waals surface area contributed by atoms with Gasteiger partial charge in [-0.05, 0) is 73.0 Å². The van der Waals surface area contributed by atoms with Gasteiger partial charge in [0.05, 0.1) is 36.6 Å². The number of halogens is 2. The van der Waals surface area contributed by atoms with Crippen molar-refractivity contribution >= 4 is 50.9 Å². The summed E-state index contributed by atoms with van der Waals surface area (Å²) in [6.45, 7) is 4.30. The van der Waals surface area contributed by atoms with E-state index in [1.165, 1.54) is 23.0 Å². The highest BCUT2D eigenvalue weighted by molar-refractivity contribution is 9.10. The van der Waals surface area contributed by atoms with Gasteiger partial charge in [-0.1, -0.05) is 70.4 Å². The highest BCUT2D eigenvalue weighted by atomic mass is 79.9. The van der Waals surface area contributed by atoms with Crippen LogP contribution in [0.25, 0.3) is 6.08 Å². The Morgan fingerprint density at radius 1 is 1.02 bits per heavy atom. The van der Waals surface area contributed by atoms with Crippen LogP contribution in [0.1, 0.15) is 49.4 Å². The van der Waals surface area contributed by atoms with Crippen molar-refractivity contribution in [1.29, 1.82) is 0 Å². The third kappa shape index (κ3) is 7.03. The van der Waals surface area contributed by atoms with Crippen LogP contribution in [0.3, 0.4) is 0 Å². The number of nitrogens with zero attached hydrogens (tertiary/aromatic N) is 2. The average Bonchev–Trinajstić information content (AvgIpc) is 3.34. The first-order chi connectivity index (χ1) is 21.8. The molecule has 0 aliphatic carbocycles. The molecule has 8 nitrogen and oxygen atoms in total. The second kappa shape index (κ2) is 14.5. The van der Waals surface area contributed by atoms with Crippen LogP contribution < -0.4 is 29.1 Å². The largest absolute Gasteiger partial charge is 0.496 e. The monoisotopic (exact) mass is 710 g/mol. The van der Waals surface area contributed by atoms with Gasteiger partial charge in [-0.15, -0.1) is 0 Å². The lowest BCUT2D eigenvalue weighted by atomic mass is 9.93. The van der Waals surface area contributed by atoms with Crippen molar-refractivity contribution in [2.24, 2.45) is 4.99 Å². The standard InChI is InChI=1S/C34H32BrClN2O6S/c1-5-7-25-30(33(40)43-6-2)31(24-18-23(36)13-15-26(24)41-3)38-32(39)29(45-34(38)37-25)17-21-10-14-27(28(16-21)42-4)44-19-20-8-11-22(35)12-9-20/h8-18,31H,5-7,19H2,1-4H3/b29-17+/t31-/m0/s1. The number of esters is 1. The second-order valence-electron chi connectivity index (χ2n) is 10.1. The molecule has 1 aromatic heterocycles. The van der Waals surface area contributed by atoms with Gasteiger partial charge in [0.2, 0.25) is 0 Å². The number of carbonyl (C=O) groups excluding carboxylic acids is 1. The van der Waals surface area contributed by atoms with Gasteiger partial charge in [0.25, 0.3) is 5.56 Å². The molecule has 4 aromatic rings. The fourth-order valence-corrected chi connectivity index (χ4v) is 6.59. The van der Waals surface area contributed by atoms with E-state index >= 15 is 0 Å². The zero-order valence-corrected chi connectivity index (χ0v) is 28.4. The van der Waals surface area contributed by atoms with Crippen molar-refractivity contribution in [3.05, 3.63) is 118 Å². The highest BCUT2D eigenvalue weighted by Gasteiger charge is 2.36. The maximum Gasteiger partial charge on any atom is 0.338 e. The second-order valence-corrected chi connectivity index (χ2v) is 12.5. The maximum atomic E-state index is 14.2. The third-order valence-corrected chi connectivity index (χ3v) is 8.92. The highest BCUT2D eigenvalue weighted by Crippen LogP contribution is 2.38. The minimum atomic E-state index is -0.846. The van der Waals surface area contributed by atoms with Gasteiger partial charge in [-0.3, -0.25) is 9.36 Å². The van der Waals surface area contributed by atoms with Gasteiger partial charge in [0.1, 0.15) is 18.4 Å². The molecule has 0 amide bonds. The molecule has 234 valence electrons. The van der Waals surface area contributed by atoms with Crippen LogP contribution in [0, 0.1) is 0 Å². The minimum absolute atomic E-state index is 0.177. The molecule has 0 spiro atoms. The summed E-state index contributed by atoms with van der Waals surface area (Å²) in [6.07, 6.45) is 3.05. The zero-order chi connectivity index (χ0) is 32.1. The number of ether oxygens (including phenoxy) is 4. The Kier molecular flexibility index (Phi) is 10.5. The maximum absolute atomic E-state index is 14.2. The molecule has 0 radical (unpaired) electrons. The number of aromatic nitrogens is 1. The molecule has 1 aliphatic heterocycles. The smallest absolute Gasteiger partial charge is 0.338 e. The van der Waals surface area contributed by atoms with E-state index in [-0.39, 0.29) is 12.2 Å². The van der Waals surface area contributed by atoms with Gasteiger partial charge in [0.15, 0.2) is 16.3 Å². The number of thiazole rings is 1. The van der Waals surface area contributed by atoms with Crippen LogP contribution in [0.4, 0.5) is 0 Å². The predicted octanol–water partition coefficient (Wildman–Crippen LogP) is 6.59. The number of methoxy groups -OCH3 is 2. The molecular formula is C34H32BrClN2O6S. The van der Waals surface area contributed by atoms with Crippen molar-refractivity contribution in [3.8, 4) is 17.2 Å². The Labute approximate surface area is 278 Å². The summed E-state index contributed by atoms with van der Waals surface area (Å²) in [5.74, 6) is 1.07. The number of benzene rings is 3. The Morgan fingerprint density at radius 2 is 1.76 bits per heavy atom. The molecule has 0 unspecified atom stereocenters. The molecule has 11 heteroatoms. The first kappa shape index (κ1) is 32.5. The van der Waals surface area contributed by atoms with Crippen LogP contribution in [0.5, 0.6) is 17.2 Å². The molecule has 0 N–H and O–H groups in total. The molecule has 0 fully saturated rings. The van der Waals surface area contributed by atoms with E-state index in [2.05, 4.69) is 15.9 Å². The van der Waals surface area contributed by atoms with E-state index in [9.17, 15) is 9.59 Å². The van der Waals surface area contributed by atoms with E-state index in [1.54, 1.807) is 38.3 Å². The molecule has 2 heterocycles.